The highest BCUT2D eigenvalue weighted by molar-refractivity contribution is 5.79. The fourth-order valence-corrected chi connectivity index (χ4v) is 1.79. The van der Waals surface area contributed by atoms with Crippen molar-refractivity contribution in [2.24, 2.45) is 0 Å². The van der Waals surface area contributed by atoms with Crippen LogP contribution in [-0.4, -0.2) is 28.1 Å². The highest BCUT2D eigenvalue weighted by Crippen LogP contribution is 2.16. The van der Waals surface area contributed by atoms with Crippen molar-refractivity contribution >= 4 is 11.9 Å². The van der Waals surface area contributed by atoms with Crippen LogP contribution in [0.1, 0.15) is 31.7 Å². The number of amides is 1. The van der Waals surface area contributed by atoms with E-state index in [0.29, 0.717) is 18.4 Å². The number of rotatable bonds is 7. The Labute approximate surface area is 112 Å². The van der Waals surface area contributed by atoms with Crippen LogP contribution in [0.3, 0.4) is 0 Å². The lowest BCUT2D eigenvalue weighted by atomic mass is 10.1. The minimum Gasteiger partial charge on any atom is -0.508 e. The predicted octanol–water partition coefficient (Wildman–Crippen LogP) is 1.69. The first kappa shape index (κ1) is 15.0. The van der Waals surface area contributed by atoms with Crippen LogP contribution in [0.15, 0.2) is 24.3 Å². The summed E-state index contributed by atoms with van der Waals surface area (Å²) < 4.78 is 0. The first-order valence-electron chi connectivity index (χ1n) is 6.27. The maximum absolute atomic E-state index is 11.7. The van der Waals surface area contributed by atoms with Crippen molar-refractivity contribution in [3.63, 3.8) is 0 Å². The van der Waals surface area contributed by atoms with Gasteiger partial charge in [-0.1, -0.05) is 18.2 Å². The molecule has 1 aromatic rings. The molecule has 104 valence electrons. The van der Waals surface area contributed by atoms with Gasteiger partial charge in [-0.15, -0.1) is 0 Å². The minimum absolute atomic E-state index is 0.0716. The van der Waals surface area contributed by atoms with Gasteiger partial charge in [0.25, 0.3) is 0 Å². The van der Waals surface area contributed by atoms with Crippen molar-refractivity contribution in [1.82, 2.24) is 5.32 Å². The first-order valence-corrected chi connectivity index (χ1v) is 6.27. The number of carboxylic acid groups (broad SMARTS) is 1. The number of aromatic hydroxyl groups is 1. The van der Waals surface area contributed by atoms with Gasteiger partial charge >= 0.3 is 5.97 Å². The Kier molecular flexibility index (Phi) is 5.85. The summed E-state index contributed by atoms with van der Waals surface area (Å²) in [4.78, 5) is 22.1. The van der Waals surface area contributed by atoms with Gasteiger partial charge in [-0.3, -0.25) is 9.59 Å². The zero-order chi connectivity index (χ0) is 14.3. The maximum Gasteiger partial charge on any atom is 0.303 e. The van der Waals surface area contributed by atoms with E-state index in [2.05, 4.69) is 5.32 Å². The Hall–Kier alpha value is -2.04. The maximum atomic E-state index is 11.7. The summed E-state index contributed by atoms with van der Waals surface area (Å²) in [6, 6.07) is 6.63. The summed E-state index contributed by atoms with van der Waals surface area (Å²) in [6.45, 7) is 1.84. The number of benzene rings is 1. The molecule has 0 aliphatic rings. The smallest absolute Gasteiger partial charge is 0.303 e. The van der Waals surface area contributed by atoms with E-state index in [0.717, 1.165) is 0 Å². The molecule has 0 aliphatic heterocycles. The third kappa shape index (κ3) is 5.90. The summed E-state index contributed by atoms with van der Waals surface area (Å²) in [6.07, 6.45) is 1.39. The third-order valence-corrected chi connectivity index (χ3v) is 2.78. The van der Waals surface area contributed by atoms with Crippen molar-refractivity contribution in [2.75, 3.05) is 0 Å². The SMILES string of the molecule is CC(CCCC(=O)O)NC(=O)Cc1ccccc1O. The summed E-state index contributed by atoms with van der Waals surface area (Å²) in [5, 5.41) is 20.9. The van der Waals surface area contributed by atoms with Crippen molar-refractivity contribution in [2.45, 2.75) is 38.6 Å². The zero-order valence-corrected chi connectivity index (χ0v) is 10.9. The molecule has 0 heterocycles. The van der Waals surface area contributed by atoms with Crippen LogP contribution in [-0.2, 0) is 16.0 Å². The van der Waals surface area contributed by atoms with E-state index in [1.54, 1.807) is 24.3 Å². The number of hydrogen-bond donors (Lipinski definition) is 3. The average molecular weight is 265 g/mol. The fourth-order valence-electron chi connectivity index (χ4n) is 1.79. The highest BCUT2D eigenvalue weighted by Gasteiger charge is 2.10. The lowest BCUT2D eigenvalue weighted by Crippen LogP contribution is -2.33. The Morgan fingerprint density at radius 2 is 2.00 bits per heavy atom. The molecule has 0 fully saturated rings. The number of hydrogen-bond acceptors (Lipinski definition) is 3. The van der Waals surface area contributed by atoms with Gasteiger partial charge in [-0.05, 0) is 25.8 Å². The summed E-state index contributed by atoms with van der Waals surface area (Å²) in [5.41, 5.74) is 0.581. The van der Waals surface area contributed by atoms with Crippen LogP contribution in [0, 0.1) is 0 Å². The average Bonchev–Trinajstić information content (AvgIpc) is 2.31. The summed E-state index contributed by atoms with van der Waals surface area (Å²) >= 11 is 0. The normalized spacial score (nSPS) is 11.8. The third-order valence-electron chi connectivity index (χ3n) is 2.78. The van der Waals surface area contributed by atoms with E-state index in [-0.39, 0.29) is 30.5 Å². The molecule has 1 aromatic carbocycles. The van der Waals surface area contributed by atoms with Crippen LogP contribution in [0.5, 0.6) is 5.75 Å². The molecule has 0 aromatic heterocycles. The van der Waals surface area contributed by atoms with Gasteiger partial charge in [-0.25, -0.2) is 0 Å². The Bertz CT molecular complexity index is 445. The second-order valence-corrected chi connectivity index (χ2v) is 4.56. The number of carbonyl (C=O) groups excluding carboxylic acids is 1. The van der Waals surface area contributed by atoms with Crippen LogP contribution < -0.4 is 5.32 Å². The molecule has 5 heteroatoms. The van der Waals surface area contributed by atoms with E-state index in [4.69, 9.17) is 5.11 Å². The van der Waals surface area contributed by atoms with Crippen molar-refractivity contribution in [1.29, 1.82) is 0 Å². The minimum atomic E-state index is -0.826. The Balaban J connectivity index is 2.35. The highest BCUT2D eigenvalue weighted by atomic mass is 16.4. The van der Waals surface area contributed by atoms with Gasteiger partial charge < -0.3 is 15.5 Å². The number of phenolic OH excluding ortho intramolecular Hbond substituents is 1. The van der Waals surface area contributed by atoms with Gasteiger partial charge in [0.1, 0.15) is 5.75 Å². The molecule has 0 bridgehead atoms. The lowest BCUT2D eigenvalue weighted by Gasteiger charge is -2.13. The number of para-hydroxylation sites is 1. The molecule has 0 saturated heterocycles. The molecule has 5 nitrogen and oxygen atoms in total. The number of nitrogens with one attached hydrogen (secondary N) is 1. The van der Waals surface area contributed by atoms with Crippen molar-refractivity contribution < 1.29 is 19.8 Å². The molecule has 19 heavy (non-hydrogen) atoms. The molecule has 0 saturated carbocycles. The lowest BCUT2D eigenvalue weighted by molar-refractivity contribution is -0.137. The van der Waals surface area contributed by atoms with E-state index >= 15 is 0 Å². The van der Waals surface area contributed by atoms with Crippen LogP contribution in [0.2, 0.25) is 0 Å². The van der Waals surface area contributed by atoms with E-state index in [9.17, 15) is 14.7 Å². The predicted molar refractivity (Wildman–Crippen MR) is 70.9 cm³/mol. The number of carbonyl (C=O) groups is 2. The Morgan fingerprint density at radius 1 is 1.32 bits per heavy atom. The Morgan fingerprint density at radius 3 is 2.63 bits per heavy atom. The fraction of sp³-hybridized carbons (Fsp3) is 0.429. The molecule has 1 rings (SSSR count). The second-order valence-electron chi connectivity index (χ2n) is 4.56. The van der Waals surface area contributed by atoms with Crippen molar-refractivity contribution in [3.8, 4) is 5.75 Å². The van der Waals surface area contributed by atoms with Gasteiger partial charge in [0, 0.05) is 18.0 Å². The molecule has 0 aliphatic carbocycles. The van der Waals surface area contributed by atoms with Crippen molar-refractivity contribution in [3.05, 3.63) is 29.8 Å². The van der Waals surface area contributed by atoms with Gasteiger partial charge in [0.15, 0.2) is 0 Å². The zero-order valence-electron chi connectivity index (χ0n) is 10.9. The van der Waals surface area contributed by atoms with Crippen LogP contribution in [0.4, 0.5) is 0 Å². The molecule has 0 spiro atoms. The monoisotopic (exact) mass is 265 g/mol. The quantitative estimate of drug-likeness (QED) is 0.700. The van der Waals surface area contributed by atoms with E-state index in [1.807, 2.05) is 6.92 Å². The van der Waals surface area contributed by atoms with Crippen LogP contribution in [0.25, 0.3) is 0 Å². The van der Waals surface area contributed by atoms with Gasteiger partial charge in [0.05, 0.1) is 6.42 Å². The van der Waals surface area contributed by atoms with Crippen LogP contribution >= 0.6 is 0 Å². The largest absolute Gasteiger partial charge is 0.508 e. The summed E-state index contributed by atoms with van der Waals surface area (Å²) in [5.74, 6) is -0.895. The molecule has 3 N–H and O–H groups in total. The molecule has 0 radical (unpaired) electrons. The first-order chi connectivity index (χ1) is 8.99. The van der Waals surface area contributed by atoms with E-state index < -0.39 is 5.97 Å². The van der Waals surface area contributed by atoms with Gasteiger partial charge in [0.2, 0.25) is 5.91 Å². The van der Waals surface area contributed by atoms with Gasteiger partial charge in [-0.2, -0.15) is 0 Å². The number of carboxylic acids is 1. The standard InChI is InChI=1S/C14H19NO4/c1-10(5-4-8-14(18)19)15-13(17)9-11-6-2-3-7-12(11)16/h2-3,6-7,10,16H,4-5,8-9H2,1H3,(H,15,17)(H,18,19). The molecule has 1 unspecified atom stereocenters. The molecule has 1 amide bonds. The molecular formula is C14H19NO4. The second kappa shape index (κ2) is 7.41. The molecule has 1 atom stereocenters. The van der Waals surface area contributed by atoms with E-state index in [1.165, 1.54) is 0 Å². The number of aliphatic carboxylic acids is 1. The topological polar surface area (TPSA) is 86.6 Å². The summed E-state index contributed by atoms with van der Waals surface area (Å²) in [7, 11) is 0. The number of phenols is 1. The molecular weight excluding hydrogens is 246 g/mol.